The molecule has 0 radical (unpaired) electrons. The fourth-order valence-electron chi connectivity index (χ4n) is 2.58. The van der Waals surface area contributed by atoms with Gasteiger partial charge >= 0.3 is 5.97 Å². The first-order chi connectivity index (χ1) is 7.23. The normalized spacial score (nSPS) is 33.1. The van der Waals surface area contributed by atoms with Crippen LogP contribution >= 0.6 is 0 Å². The standard InChI is InChI=1S/C11H19NO3/c13-10(14)11(4-3-7-15-9-11)8-12-5-1-2-6-12/h1-9H2,(H,13,14). The summed E-state index contributed by atoms with van der Waals surface area (Å²) in [4.78, 5) is 13.6. The molecule has 2 heterocycles. The second-order valence-electron chi connectivity index (χ2n) is 4.72. The van der Waals surface area contributed by atoms with Gasteiger partial charge in [-0.15, -0.1) is 0 Å². The van der Waals surface area contributed by atoms with Crippen molar-refractivity contribution in [1.82, 2.24) is 4.90 Å². The lowest BCUT2D eigenvalue weighted by Crippen LogP contribution is -2.47. The number of likely N-dealkylation sites (tertiary alicyclic amines) is 1. The Balaban J connectivity index is 2.00. The molecule has 0 aromatic rings. The molecule has 4 heteroatoms. The maximum Gasteiger partial charge on any atom is 0.313 e. The van der Waals surface area contributed by atoms with Gasteiger partial charge in [0, 0.05) is 13.2 Å². The summed E-state index contributed by atoms with van der Waals surface area (Å²) in [5.74, 6) is -0.686. The quantitative estimate of drug-likeness (QED) is 0.758. The smallest absolute Gasteiger partial charge is 0.313 e. The molecule has 2 rings (SSSR count). The van der Waals surface area contributed by atoms with Gasteiger partial charge in [0.1, 0.15) is 5.41 Å². The van der Waals surface area contributed by atoms with Crippen LogP contribution in [0.5, 0.6) is 0 Å². The second kappa shape index (κ2) is 4.49. The molecule has 0 aliphatic carbocycles. The molecule has 2 saturated heterocycles. The van der Waals surface area contributed by atoms with Gasteiger partial charge in [-0.3, -0.25) is 4.79 Å². The van der Waals surface area contributed by atoms with Crippen LogP contribution in [-0.2, 0) is 9.53 Å². The predicted molar refractivity (Wildman–Crippen MR) is 55.8 cm³/mol. The molecule has 2 aliphatic heterocycles. The van der Waals surface area contributed by atoms with Crippen LogP contribution in [0.4, 0.5) is 0 Å². The van der Waals surface area contributed by atoms with E-state index in [9.17, 15) is 9.90 Å². The van der Waals surface area contributed by atoms with Crippen LogP contribution in [0.1, 0.15) is 25.7 Å². The van der Waals surface area contributed by atoms with E-state index in [1.165, 1.54) is 12.8 Å². The number of carbonyl (C=O) groups is 1. The van der Waals surface area contributed by atoms with Crippen LogP contribution in [-0.4, -0.2) is 48.8 Å². The third-order valence-electron chi connectivity index (χ3n) is 3.50. The highest BCUT2D eigenvalue weighted by Gasteiger charge is 2.42. The highest BCUT2D eigenvalue weighted by molar-refractivity contribution is 5.75. The van der Waals surface area contributed by atoms with Crippen LogP contribution in [0.25, 0.3) is 0 Å². The SMILES string of the molecule is O=C(O)C1(CN2CCCC2)CCCOC1. The summed E-state index contributed by atoms with van der Waals surface area (Å²) in [6.07, 6.45) is 4.05. The van der Waals surface area contributed by atoms with Crippen molar-refractivity contribution in [2.75, 3.05) is 32.8 Å². The molecule has 0 amide bonds. The minimum Gasteiger partial charge on any atom is -0.481 e. The third kappa shape index (κ3) is 2.32. The van der Waals surface area contributed by atoms with E-state index in [0.717, 1.165) is 32.5 Å². The number of hydrogen-bond acceptors (Lipinski definition) is 3. The summed E-state index contributed by atoms with van der Waals surface area (Å²) >= 11 is 0. The van der Waals surface area contributed by atoms with Gasteiger partial charge in [0.05, 0.1) is 6.61 Å². The van der Waals surface area contributed by atoms with Crippen molar-refractivity contribution in [3.8, 4) is 0 Å². The highest BCUT2D eigenvalue weighted by atomic mass is 16.5. The monoisotopic (exact) mass is 213 g/mol. The Hall–Kier alpha value is -0.610. The molecular weight excluding hydrogens is 194 g/mol. The zero-order valence-electron chi connectivity index (χ0n) is 9.07. The Morgan fingerprint density at radius 3 is 2.60 bits per heavy atom. The molecule has 0 bridgehead atoms. The van der Waals surface area contributed by atoms with Crippen LogP contribution in [0.15, 0.2) is 0 Å². The molecule has 15 heavy (non-hydrogen) atoms. The summed E-state index contributed by atoms with van der Waals surface area (Å²) in [5.41, 5.74) is -0.636. The van der Waals surface area contributed by atoms with Crippen LogP contribution in [0.3, 0.4) is 0 Å². The molecule has 0 aromatic carbocycles. The molecule has 0 aromatic heterocycles. The number of aliphatic carboxylic acids is 1. The van der Waals surface area contributed by atoms with Crippen LogP contribution < -0.4 is 0 Å². The molecular formula is C11H19NO3. The molecule has 86 valence electrons. The number of hydrogen-bond donors (Lipinski definition) is 1. The Labute approximate surface area is 90.2 Å². The van der Waals surface area contributed by atoms with Gasteiger partial charge in [-0.2, -0.15) is 0 Å². The fourth-order valence-corrected chi connectivity index (χ4v) is 2.58. The number of carboxylic acids is 1. The maximum atomic E-state index is 11.4. The molecule has 1 unspecified atom stereocenters. The van der Waals surface area contributed by atoms with Gasteiger partial charge in [0.2, 0.25) is 0 Å². The first kappa shape index (κ1) is 10.9. The van der Waals surface area contributed by atoms with E-state index in [4.69, 9.17) is 4.74 Å². The lowest BCUT2D eigenvalue weighted by atomic mass is 9.82. The Morgan fingerprint density at radius 1 is 1.33 bits per heavy atom. The zero-order chi connectivity index (χ0) is 10.7. The number of ether oxygens (including phenoxy) is 1. The Bertz CT molecular complexity index is 230. The van der Waals surface area contributed by atoms with Gasteiger partial charge in [0.25, 0.3) is 0 Å². The van der Waals surface area contributed by atoms with Crippen LogP contribution in [0, 0.1) is 5.41 Å². The van der Waals surface area contributed by atoms with Crippen molar-refractivity contribution in [2.24, 2.45) is 5.41 Å². The van der Waals surface area contributed by atoms with Crippen LogP contribution in [0.2, 0.25) is 0 Å². The zero-order valence-corrected chi connectivity index (χ0v) is 9.07. The van der Waals surface area contributed by atoms with E-state index in [0.29, 0.717) is 13.2 Å². The molecule has 0 saturated carbocycles. The second-order valence-corrected chi connectivity index (χ2v) is 4.72. The molecule has 4 nitrogen and oxygen atoms in total. The minimum absolute atomic E-state index is 0.388. The van der Waals surface area contributed by atoms with Gasteiger partial charge in [-0.1, -0.05) is 0 Å². The van der Waals surface area contributed by atoms with Crippen molar-refractivity contribution in [2.45, 2.75) is 25.7 Å². The van der Waals surface area contributed by atoms with E-state index in [1.807, 2.05) is 0 Å². The van der Waals surface area contributed by atoms with Crippen molar-refractivity contribution in [1.29, 1.82) is 0 Å². The van der Waals surface area contributed by atoms with E-state index < -0.39 is 11.4 Å². The number of carboxylic acid groups (broad SMARTS) is 1. The predicted octanol–water partition coefficient (Wildman–Crippen LogP) is 0.964. The van der Waals surface area contributed by atoms with E-state index in [-0.39, 0.29) is 0 Å². The van der Waals surface area contributed by atoms with Gasteiger partial charge < -0.3 is 14.7 Å². The lowest BCUT2D eigenvalue weighted by molar-refractivity contribution is -0.159. The van der Waals surface area contributed by atoms with Crippen molar-refractivity contribution >= 4 is 5.97 Å². The molecule has 1 N–H and O–H groups in total. The highest BCUT2D eigenvalue weighted by Crippen LogP contribution is 2.31. The summed E-state index contributed by atoms with van der Waals surface area (Å²) in [6.45, 7) is 3.88. The van der Waals surface area contributed by atoms with Crippen molar-refractivity contribution in [3.63, 3.8) is 0 Å². The molecule has 2 fully saturated rings. The number of nitrogens with zero attached hydrogens (tertiary/aromatic N) is 1. The van der Waals surface area contributed by atoms with Crippen molar-refractivity contribution in [3.05, 3.63) is 0 Å². The first-order valence-electron chi connectivity index (χ1n) is 5.76. The Morgan fingerprint density at radius 2 is 2.07 bits per heavy atom. The van der Waals surface area contributed by atoms with Gasteiger partial charge in [-0.05, 0) is 38.8 Å². The van der Waals surface area contributed by atoms with E-state index in [1.54, 1.807) is 0 Å². The van der Waals surface area contributed by atoms with Crippen molar-refractivity contribution < 1.29 is 14.6 Å². The molecule has 2 aliphatic rings. The average Bonchev–Trinajstić information content (AvgIpc) is 2.71. The fraction of sp³-hybridized carbons (Fsp3) is 0.909. The Kier molecular flexibility index (Phi) is 3.26. The van der Waals surface area contributed by atoms with Gasteiger partial charge in [-0.25, -0.2) is 0 Å². The minimum atomic E-state index is -0.686. The van der Waals surface area contributed by atoms with Gasteiger partial charge in [0.15, 0.2) is 0 Å². The number of rotatable bonds is 3. The summed E-state index contributed by atoms with van der Waals surface area (Å²) in [5, 5.41) is 9.34. The molecule has 0 spiro atoms. The third-order valence-corrected chi connectivity index (χ3v) is 3.50. The summed E-state index contributed by atoms with van der Waals surface area (Å²) in [6, 6.07) is 0. The summed E-state index contributed by atoms with van der Waals surface area (Å²) < 4.78 is 5.35. The largest absolute Gasteiger partial charge is 0.481 e. The maximum absolute atomic E-state index is 11.4. The first-order valence-corrected chi connectivity index (χ1v) is 5.76. The summed E-state index contributed by atoms with van der Waals surface area (Å²) in [7, 11) is 0. The lowest BCUT2D eigenvalue weighted by Gasteiger charge is -2.36. The van der Waals surface area contributed by atoms with E-state index >= 15 is 0 Å². The topological polar surface area (TPSA) is 49.8 Å². The average molecular weight is 213 g/mol. The van der Waals surface area contributed by atoms with E-state index in [2.05, 4.69) is 4.90 Å². The molecule has 1 atom stereocenters.